The van der Waals surface area contributed by atoms with Crippen LogP contribution in [0.3, 0.4) is 0 Å². The van der Waals surface area contributed by atoms with E-state index in [2.05, 4.69) is 21.8 Å². The minimum absolute atomic E-state index is 0.0899. The Balaban J connectivity index is 1.34. The molecule has 2 fully saturated rings. The fourth-order valence-electron chi connectivity index (χ4n) is 4.84. The molecular formula is C23H28ClFN2O2S. The highest BCUT2D eigenvalue weighted by Crippen LogP contribution is 2.30. The first-order chi connectivity index (χ1) is 14.4. The molecule has 2 aromatic carbocycles. The smallest absolute Gasteiger partial charge is 0.240 e. The molecule has 1 saturated heterocycles. The topological polar surface area (TPSA) is 49.4 Å². The van der Waals surface area contributed by atoms with Crippen LogP contribution in [0.5, 0.6) is 0 Å². The minimum Gasteiger partial charge on any atom is -0.299 e. The van der Waals surface area contributed by atoms with Gasteiger partial charge in [0, 0.05) is 17.1 Å². The quantitative estimate of drug-likeness (QED) is 0.697. The maximum Gasteiger partial charge on any atom is 0.240 e. The lowest BCUT2D eigenvalue weighted by atomic mass is 9.89. The van der Waals surface area contributed by atoms with Crippen molar-refractivity contribution in [3.63, 3.8) is 0 Å². The van der Waals surface area contributed by atoms with Crippen LogP contribution >= 0.6 is 11.6 Å². The highest BCUT2D eigenvalue weighted by molar-refractivity contribution is 7.89. The van der Waals surface area contributed by atoms with Crippen LogP contribution in [-0.2, 0) is 16.4 Å². The van der Waals surface area contributed by atoms with Crippen molar-refractivity contribution in [2.24, 2.45) is 5.92 Å². The number of halogens is 2. The molecule has 1 saturated carbocycles. The SMILES string of the molecule is O=S(=O)(N[C@@H]1CCC[C@H]1N1CCC(Cc2ccc(Cl)cc2)CC1)c1ccc(F)cc1. The molecule has 1 aliphatic heterocycles. The van der Waals surface area contributed by atoms with Crippen molar-refractivity contribution in [2.45, 2.75) is 55.5 Å². The summed E-state index contributed by atoms with van der Waals surface area (Å²) in [5, 5.41) is 0.768. The third-order valence-electron chi connectivity index (χ3n) is 6.47. The largest absolute Gasteiger partial charge is 0.299 e. The van der Waals surface area contributed by atoms with Crippen LogP contribution in [0.15, 0.2) is 53.4 Å². The van der Waals surface area contributed by atoms with Gasteiger partial charge in [-0.1, -0.05) is 30.2 Å². The van der Waals surface area contributed by atoms with E-state index in [9.17, 15) is 12.8 Å². The second kappa shape index (κ2) is 9.35. The summed E-state index contributed by atoms with van der Waals surface area (Å²) in [6, 6.07) is 13.3. The number of hydrogen-bond acceptors (Lipinski definition) is 3. The van der Waals surface area contributed by atoms with Crippen LogP contribution in [0.1, 0.15) is 37.7 Å². The molecule has 0 radical (unpaired) electrons. The molecule has 0 unspecified atom stereocenters. The van der Waals surface area contributed by atoms with Crippen LogP contribution in [0.4, 0.5) is 4.39 Å². The molecule has 1 N–H and O–H groups in total. The Morgan fingerprint density at radius 3 is 2.30 bits per heavy atom. The number of sulfonamides is 1. The number of likely N-dealkylation sites (tertiary alicyclic amines) is 1. The first kappa shape index (κ1) is 21.8. The van der Waals surface area contributed by atoms with Gasteiger partial charge in [-0.3, -0.25) is 4.90 Å². The molecule has 2 aromatic rings. The van der Waals surface area contributed by atoms with Crippen LogP contribution in [0.25, 0.3) is 0 Å². The number of hydrogen-bond donors (Lipinski definition) is 1. The predicted molar refractivity (Wildman–Crippen MR) is 118 cm³/mol. The van der Waals surface area contributed by atoms with Gasteiger partial charge in [0.2, 0.25) is 10.0 Å². The molecule has 0 aromatic heterocycles. The summed E-state index contributed by atoms with van der Waals surface area (Å²) in [6.45, 7) is 2.00. The van der Waals surface area contributed by atoms with Gasteiger partial charge in [0.05, 0.1) is 4.90 Å². The molecule has 30 heavy (non-hydrogen) atoms. The molecule has 4 rings (SSSR count). The van der Waals surface area contributed by atoms with E-state index in [-0.39, 0.29) is 17.0 Å². The van der Waals surface area contributed by atoms with E-state index in [1.54, 1.807) is 0 Å². The first-order valence-electron chi connectivity index (χ1n) is 10.7. The van der Waals surface area contributed by atoms with Gasteiger partial charge in [0.15, 0.2) is 0 Å². The maximum atomic E-state index is 13.1. The summed E-state index contributed by atoms with van der Waals surface area (Å²) < 4.78 is 41.5. The van der Waals surface area contributed by atoms with E-state index in [0.29, 0.717) is 5.92 Å². The van der Waals surface area contributed by atoms with Crippen molar-refractivity contribution in [2.75, 3.05) is 13.1 Å². The third-order valence-corrected chi connectivity index (χ3v) is 8.22. The predicted octanol–water partition coefficient (Wildman–Crippen LogP) is 4.63. The van der Waals surface area contributed by atoms with E-state index in [4.69, 9.17) is 11.6 Å². The second-order valence-corrected chi connectivity index (χ2v) is 10.6. The van der Waals surface area contributed by atoms with Crippen LogP contribution in [0, 0.1) is 11.7 Å². The molecule has 162 valence electrons. The molecular weight excluding hydrogens is 423 g/mol. The normalized spacial score (nSPS) is 23.7. The van der Waals surface area contributed by atoms with Gasteiger partial charge in [0.1, 0.15) is 5.82 Å². The summed E-state index contributed by atoms with van der Waals surface area (Å²) in [6.07, 6.45) is 6.18. The lowest BCUT2D eigenvalue weighted by Crippen LogP contribution is -2.51. The van der Waals surface area contributed by atoms with E-state index in [1.165, 1.54) is 29.8 Å². The zero-order valence-corrected chi connectivity index (χ0v) is 18.5. The highest BCUT2D eigenvalue weighted by Gasteiger charge is 2.36. The number of rotatable bonds is 6. The lowest BCUT2D eigenvalue weighted by molar-refractivity contribution is 0.122. The number of nitrogens with zero attached hydrogens (tertiary/aromatic N) is 1. The first-order valence-corrected chi connectivity index (χ1v) is 12.5. The fraction of sp³-hybridized carbons (Fsp3) is 0.478. The molecule has 0 bridgehead atoms. The average Bonchev–Trinajstić information content (AvgIpc) is 3.18. The van der Waals surface area contributed by atoms with Crippen molar-refractivity contribution in [3.8, 4) is 0 Å². The van der Waals surface area contributed by atoms with E-state index < -0.39 is 15.8 Å². The van der Waals surface area contributed by atoms with E-state index in [0.717, 1.165) is 56.6 Å². The molecule has 0 spiro atoms. The summed E-state index contributed by atoms with van der Waals surface area (Å²) >= 11 is 5.98. The molecule has 1 heterocycles. The fourth-order valence-corrected chi connectivity index (χ4v) is 6.27. The van der Waals surface area contributed by atoms with Crippen molar-refractivity contribution in [3.05, 3.63) is 64.9 Å². The summed E-state index contributed by atoms with van der Waals surface area (Å²) in [5.74, 6) is 0.215. The number of nitrogens with one attached hydrogen (secondary N) is 1. The van der Waals surface area contributed by atoms with Crippen molar-refractivity contribution < 1.29 is 12.8 Å². The van der Waals surface area contributed by atoms with Gasteiger partial charge in [-0.05, 0) is 93.1 Å². The van der Waals surface area contributed by atoms with Gasteiger partial charge in [0.25, 0.3) is 0 Å². The number of benzene rings is 2. The van der Waals surface area contributed by atoms with E-state index >= 15 is 0 Å². The third kappa shape index (κ3) is 5.22. The van der Waals surface area contributed by atoms with Crippen molar-refractivity contribution in [1.29, 1.82) is 0 Å². The Hall–Kier alpha value is -1.47. The van der Waals surface area contributed by atoms with Crippen LogP contribution in [0.2, 0.25) is 5.02 Å². The zero-order chi connectivity index (χ0) is 21.1. The molecule has 2 aliphatic rings. The molecule has 1 aliphatic carbocycles. The standard InChI is InChI=1S/C23H28ClFN2O2S/c24-19-6-4-17(5-7-19)16-18-12-14-27(15-13-18)23-3-1-2-22(23)26-30(28,29)21-10-8-20(25)9-11-21/h4-11,18,22-23,26H,1-3,12-16H2/t22-,23-/m1/s1. The van der Waals surface area contributed by atoms with Crippen molar-refractivity contribution >= 4 is 21.6 Å². The Bertz CT molecular complexity index is 942. The van der Waals surface area contributed by atoms with Gasteiger partial charge in [-0.25, -0.2) is 17.5 Å². The highest BCUT2D eigenvalue weighted by atomic mass is 35.5. The van der Waals surface area contributed by atoms with Gasteiger partial charge < -0.3 is 0 Å². The molecule has 7 heteroatoms. The van der Waals surface area contributed by atoms with Gasteiger partial charge >= 0.3 is 0 Å². The zero-order valence-electron chi connectivity index (χ0n) is 16.9. The summed E-state index contributed by atoms with van der Waals surface area (Å²) in [7, 11) is -3.64. The maximum absolute atomic E-state index is 13.1. The second-order valence-electron chi connectivity index (χ2n) is 8.49. The summed E-state index contributed by atoms with van der Waals surface area (Å²) in [5.41, 5.74) is 1.32. The Kier molecular flexibility index (Phi) is 6.78. The average molecular weight is 451 g/mol. The van der Waals surface area contributed by atoms with Gasteiger partial charge in [-0.15, -0.1) is 0 Å². The van der Waals surface area contributed by atoms with Gasteiger partial charge in [-0.2, -0.15) is 0 Å². The van der Waals surface area contributed by atoms with Crippen LogP contribution < -0.4 is 4.72 Å². The lowest BCUT2D eigenvalue weighted by Gasteiger charge is -2.38. The molecule has 2 atom stereocenters. The van der Waals surface area contributed by atoms with E-state index in [1.807, 2.05) is 12.1 Å². The Morgan fingerprint density at radius 2 is 1.63 bits per heavy atom. The Labute approximate surface area is 183 Å². The monoisotopic (exact) mass is 450 g/mol. The van der Waals surface area contributed by atoms with Crippen LogP contribution in [-0.4, -0.2) is 38.5 Å². The summed E-state index contributed by atoms with van der Waals surface area (Å²) in [4.78, 5) is 2.58. The minimum atomic E-state index is -3.64. The van der Waals surface area contributed by atoms with Crippen molar-refractivity contribution in [1.82, 2.24) is 9.62 Å². The Morgan fingerprint density at radius 1 is 0.967 bits per heavy atom. The number of piperidine rings is 1. The molecule has 4 nitrogen and oxygen atoms in total. The molecule has 0 amide bonds.